The molecule has 3 rings (SSSR count). The maximum absolute atomic E-state index is 11.9. The van der Waals surface area contributed by atoms with Crippen LogP contribution in [-0.4, -0.2) is 20.4 Å². The fourth-order valence-corrected chi connectivity index (χ4v) is 3.79. The maximum Gasteiger partial charge on any atom is 0.241 e. The molecule has 0 bridgehead atoms. The van der Waals surface area contributed by atoms with Crippen molar-refractivity contribution in [3.8, 4) is 0 Å². The molecule has 0 spiro atoms. The molecule has 7 heteroatoms. The number of aromatic nitrogens is 1. The Kier molecular flexibility index (Phi) is 6.81. The topological polar surface area (TPSA) is 71.1 Å². The van der Waals surface area contributed by atoms with E-state index in [1.807, 2.05) is 32.0 Å². The molecule has 0 saturated carbocycles. The van der Waals surface area contributed by atoms with Gasteiger partial charge >= 0.3 is 0 Å². The summed E-state index contributed by atoms with van der Waals surface area (Å²) in [5.74, 6) is 0. The van der Waals surface area contributed by atoms with Crippen LogP contribution >= 0.6 is 11.6 Å². The molecule has 0 saturated heterocycles. The highest BCUT2D eigenvalue weighted by Gasteiger charge is 2.23. The molecule has 1 aromatic carbocycles. The predicted molar refractivity (Wildman–Crippen MR) is 107 cm³/mol. The summed E-state index contributed by atoms with van der Waals surface area (Å²) in [6.07, 6.45) is 4.81. The van der Waals surface area contributed by atoms with Gasteiger partial charge in [0, 0.05) is 28.7 Å². The Morgan fingerprint density at radius 3 is 2.69 bits per heavy atom. The second-order valence-corrected chi connectivity index (χ2v) is 8.00. The average Bonchev–Trinajstić information content (AvgIpc) is 3.05. The van der Waals surface area contributed by atoms with E-state index < -0.39 is 10.0 Å². The van der Waals surface area contributed by atoms with Crippen LogP contribution in [-0.2, 0) is 16.4 Å². The lowest BCUT2D eigenvalue weighted by Crippen LogP contribution is -2.20. The van der Waals surface area contributed by atoms with Gasteiger partial charge in [0.15, 0.2) is 0 Å². The van der Waals surface area contributed by atoms with Gasteiger partial charge in [-0.1, -0.05) is 38.1 Å². The highest BCUT2D eigenvalue weighted by Crippen LogP contribution is 2.34. The van der Waals surface area contributed by atoms with E-state index in [0.717, 1.165) is 17.9 Å². The van der Waals surface area contributed by atoms with Gasteiger partial charge in [0.2, 0.25) is 10.0 Å². The zero-order chi connectivity index (χ0) is 19.3. The molecule has 0 fully saturated rings. The van der Waals surface area contributed by atoms with Gasteiger partial charge in [-0.15, -0.1) is 0 Å². The van der Waals surface area contributed by atoms with Gasteiger partial charge in [0.1, 0.15) is 4.90 Å². The first-order valence-electron chi connectivity index (χ1n) is 8.53. The van der Waals surface area contributed by atoms with Crippen LogP contribution in [0.5, 0.6) is 0 Å². The number of pyridine rings is 1. The first-order chi connectivity index (χ1) is 12.4. The summed E-state index contributed by atoms with van der Waals surface area (Å²) >= 11 is 6.04. The molecule has 1 aromatic heterocycles. The zero-order valence-electron chi connectivity index (χ0n) is 15.2. The van der Waals surface area contributed by atoms with E-state index in [0.29, 0.717) is 11.3 Å². The predicted octanol–water partition coefficient (Wildman–Crippen LogP) is 3.92. The highest BCUT2D eigenvalue weighted by molar-refractivity contribution is 7.89. The van der Waals surface area contributed by atoms with Crippen LogP contribution in [0.2, 0.25) is 5.02 Å². The molecule has 0 aliphatic heterocycles. The van der Waals surface area contributed by atoms with Crippen LogP contribution in [0.15, 0.2) is 48.1 Å². The lowest BCUT2D eigenvalue weighted by atomic mass is 10.1. The van der Waals surface area contributed by atoms with Gasteiger partial charge in [0.05, 0.1) is 6.04 Å². The normalized spacial score (nSPS) is 15.6. The molecule has 1 heterocycles. The van der Waals surface area contributed by atoms with E-state index in [1.54, 1.807) is 12.3 Å². The van der Waals surface area contributed by atoms with Gasteiger partial charge < -0.3 is 5.32 Å². The SMILES string of the molecule is C=C(N[C@@H]1CCc2cc(Cl)ccc21)c1cncc(S(=O)(=O)NC)c1.CC. The second-order valence-electron chi connectivity index (χ2n) is 5.67. The van der Waals surface area contributed by atoms with Crippen molar-refractivity contribution in [1.82, 2.24) is 15.0 Å². The molecule has 1 atom stereocenters. The molecule has 1 aliphatic rings. The Bertz CT molecular complexity index is 897. The van der Waals surface area contributed by atoms with Crippen LogP contribution < -0.4 is 10.0 Å². The molecular formula is C19H24ClN3O2S. The van der Waals surface area contributed by atoms with Crippen molar-refractivity contribution in [3.05, 3.63) is 65.0 Å². The van der Waals surface area contributed by atoms with Crippen molar-refractivity contribution >= 4 is 27.3 Å². The Morgan fingerprint density at radius 1 is 1.27 bits per heavy atom. The van der Waals surface area contributed by atoms with Crippen LogP contribution in [0, 0.1) is 0 Å². The third-order valence-corrected chi connectivity index (χ3v) is 5.79. The highest BCUT2D eigenvalue weighted by atomic mass is 35.5. The number of aryl methyl sites for hydroxylation is 1. The maximum atomic E-state index is 11.9. The lowest BCUT2D eigenvalue weighted by molar-refractivity contribution is 0.587. The van der Waals surface area contributed by atoms with E-state index in [9.17, 15) is 8.42 Å². The minimum Gasteiger partial charge on any atom is -0.378 e. The monoisotopic (exact) mass is 393 g/mol. The van der Waals surface area contributed by atoms with E-state index in [2.05, 4.69) is 21.6 Å². The number of fused-ring (bicyclic) bond motifs is 1. The van der Waals surface area contributed by atoms with Gasteiger partial charge in [0.25, 0.3) is 0 Å². The Labute approximate surface area is 160 Å². The Balaban J connectivity index is 0.00000117. The van der Waals surface area contributed by atoms with Gasteiger partial charge in [-0.3, -0.25) is 4.98 Å². The number of nitrogens with zero attached hydrogens (tertiary/aromatic N) is 1. The number of rotatable bonds is 5. The van der Waals surface area contributed by atoms with E-state index >= 15 is 0 Å². The zero-order valence-corrected chi connectivity index (χ0v) is 16.8. The lowest BCUT2D eigenvalue weighted by Gasteiger charge is -2.18. The van der Waals surface area contributed by atoms with E-state index in [-0.39, 0.29) is 10.9 Å². The fourth-order valence-electron chi connectivity index (χ4n) is 2.88. The summed E-state index contributed by atoms with van der Waals surface area (Å²) < 4.78 is 26.1. The van der Waals surface area contributed by atoms with Crippen molar-refractivity contribution < 1.29 is 8.42 Å². The summed E-state index contributed by atoms with van der Waals surface area (Å²) in [7, 11) is -2.16. The summed E-state index contributed by atoms with van der Waals surface area (Å²) in [5, 5.41) is 4.11. The number of nitrogens with one attached hydrogen (secondary N) is 2. The van der Waals surface area contributed by atoms with Crippen molar-refractivity contribution in [3.63, 3.8) is 0 Å². The molecule has 0 unspecified atom stereocenters. The van der Waals surface area contributed by atoms with E-state index in [4.69, 9.17) is 11.6 Å². The summed E-state index contributed by atoms with van der Waals surface area (Å²) in [6.45, 7) is 8.04. The largest absolute Gasteiger partial charge is 0.378 e. The third-order valence-electron chi connectivity index (χ3n) is 4.17. The van der Waals surface area contributed by atoms with Crippen LogP contribution in [0.25, 0.3) is 5.70 Å². The van der Waals surface area contributed by atoms with Crippen molar-refractivity contribution in [2.24, 2.45) is 0 Å². The second kappa shape index (κ2) is 8.66. The average molecular weight is 394 g/mol. The summed E-state index contributed by atoms with van der Waals surface area (Å²) in [6, 6.07) is 7.59. The number of hydrogen-bond donors (Lipinski definition) is 2. The number of hydrogen-bond acceptors (Lipinski definition) is 4. The molecule has 2 aromatic rings. The van der Waals surface area contributed by atoms with Crippen molar-refractivity contribution in [2.45, 2.75) is 37.6 Å². The van der Waals surface area contributed by atoms with Crippen LogP contribution in [0.1, 0.15) is 43.0 Å². The standard InChI is InChI=1S/C17H18ClN3O2S.C2H6/c1-11(13-8-15(10-20-9-13)24(22,23)19-2)21-17-6-3-12-7-14(18)4-5-16(12)17;1-2/h4-5,7-10,17,19,21H,1,3,6H2,2H3;1-2H3/t17-;/m1./s1. The quantitative estimate of drug-likeness (QED) is 0.807. The summed E-state index contributed by atoms with van der Waals surface area (Å²) in [4.78, 5) is 4.13. The third kappa shape index (κ3) is 4.44. The molecule has 140 valence electrons. The van der Waals surface area contributed by atoms with Gasteiger partial charge in [-0.25, -0.2) is 13.1 Å². The molecular weight excluding hydrogens is 370 g/mol. The van der Waals surface area contributed by atoms with Gasteiger partial charge in [-0.2, -0.15) is 0 Å². The summed E-state index contributed by atoms with van der Waals surface area (Å²) in [5.41, 5.74) is 3.72. The minimum atomic E-state index is -3.53. The Hall–Kier alpha value is -1.89. The minimum absolute atomic E-state index is 0.115. The van der Waals surface area contributed by atoms with Crippen molar-refractivity contribution in [1.29, 1.82) is 0 Å². The number of halogens is 1. The molecule has 0 amide bonds. The van der Waals surface area contributed by atoms with Crippen LogP contribution in [0.3, 0.4) is 0 Å². The van der Waals surface area contributed by atoms with Crippen LogP contribution in [0.4, 0.5) is 0 Å². The molecule has 2 N–H and O–H groups in total. The van der Waals surface area contributed by atoms with E-state index in [1.165, 1.54) is 24.4 Å². The number of benzene rings is 1. The van der Waals surface area contributed by atoms with Gasteiger partial charge in [-0.05, 0) is 49.2 Å². The smallest absolute Gasteiger partial charge is 0.241 e. The molecule has 26 heavy (non-hydrogen) atoms. The first-order valence-corrected chi connectivity index (χ1v) is 10.4. The molecule has 1 aliphatic carbocycles. The number of sulfonamides is 1. The fraction of sp³-hybridized carbons (Fsp3) is 0.316. The molecule has 0 radical (unpaired) electrons. The Morgan fingerprint density at radius 2 is 2.00 bits per heavy atom. The first kappa shape index (κ1) is 20.4. The molecule has 5 nitrogen and oxygen atoms in total. The van der Waals surface area contributed by atoms with Crippen molar-refractivity contribution in [2.75, 3.05) is 7.05 Å².